The van der Waals surface area contributed by atoms with Gasteiger partial charge in [-0.05, 0) is 48.5 Å². The van der Waals surface area contributed by atoms with Gasteiger partial charge in [0.05, 0.1) is 11.3 Å². The molecule has 6 rings (SSSR count). The number of azo groups is 1. The van der Waals surface area contributed by atoms with Crippen LogP contribution in [0.3, 0.4) is 0 Å². The Morgan fingerprint density at radius 2 is 1.24 bits per heavy atom. The summed E-state index contributed by atoms with van der Waals surface area (Å²) in [6.45, 7) is 0. The van der Waals surface area contributed by atoms with Crippen molar-refractivity contribution >= 4 is 37.6 Å². The second-order valence-electron chi connectivity index (χ2n) is 7.26. The van der Waals surface area contributed by atoms with Crippen molar-refractivity contribution in [3.05, 3.63) is 97.1 Å². The number of nitrogens with zero attached hydrogens (tertiary/aromatic N) is 3. The van der Waals surface area contributed by atoms with Gasteiger partial charge in [0.2, 0.25) is 5.89 Å². The zero-order valence-electron chi connectivity index (χ0n) is 17.3. The smallest absolute Gasteiger partial charge is 0.577 e. The summed E-state index contributed by atoms with van der Waals surface area (Å²) in [5.74, 6) is 2.12. The van der Waals surface area contributed by atoms with E-state index in [0.29, 0.717) is 45.7 Å². The second-order valence-corrected chi connectivity index (χ2v) is 8.55. The molecule has 0 saturated carbocycles. The highest BCUT2D eigenvalue weighted by Crippen LogP contribution is 2.37. The van der Waals surface area contributed by atoms with E-state index < -0.39 is 15.1 Å². The summed E-state index contributed by atoms with van der Waals surface area (Å²) in [5, 5.41) is 8.68. The fourth-order valence-electron chi connectivity index (χ4n) is 3.50. The Morgan fingerprint density at radius 1 is 0.636 bits per heavy atom. The van der Waals surface area contributed by atoms with Gasteiger partial charge in [-0.2, -0.15) is 0 Å². The molecule has 0 amide bonds. The van der Waals surface area contributed by atoms with Crippen molar-refractivity contribution in [2.24, 2.45) is 10.2 Å². The molecular weight excluding hydrogens is 433 g/mol. The van der Waals surface area contributed by atoms with Gasteiger partial charge in [0, 0.05) is 0 Å². The molecule has 0 N–H and O–H groups in total. The first-order valence-corrected chi connectivity index (χ1v) is 11.8. The number of hydrogen-bond donors (Lipinski definition) is 0. The van der Waals surface area contributed by atoms with Crippen LogP contribution in [-0.4, -0.2) is 20.1 Å². The third-order valence-corrected chi connectivity index (χ3v) is 6.42. The summed E-state index contributed by atoms with van der Waals surface area (Å²) >= 11 is -2.81. The van der Waals surface area contributed by atoms with Crippen LogP contribution in [0.4, 0.5) is 11.4 Å². The third-order valence-electron chi connectivity index (χ3n) is 5.08. The van der Waals surface area contributed by atoms with Crippen molar-refractivity contribution < 1.29 is 15.8 Å². The Hall–Kier alpha value is -4.12. The van der Waals surface area contributed by atoms with E-state index in [-0.39, 0.29) is 0 Å². The minimum absolute atomic E-state index is 0.467. The Bertz CT molecular complexity index is 1400. The second kappa shape index (κ2) is 8.43. The zero-order valence-corrected chi connectivity index (χ0v) is 18.4. The molecule has 4 aromatic carbocycles. The molecular formula is C25H16AlN3O4. The number of para-hydroxylation sites is 5. The molecule has 0 fully saturated rings. The first kappa shape index (κ1) is 19.6. The molecule has 1 aliphatic heterocycles. The molecule has 7 nitrogen and oxygen atoms in total. The Labute approximate surface area is 194 Å². The fraction of sp³-hybridized carbons (Fsp3) is 0. The van der Waals surface area contributed by atoms with Gasteiger partial charge in [0.1, 0.15) is 28.4 Å². The SMILES string of the molecule is c1ccc2c(c1)N=Nc1ccccc1[O][Al]([O]c1ccccc1-c1nc3ccccc3o1)[O]2. The minimum Gasteiger partial charge on any atom is -0.577 e. The lowest BCUT2D eigenvalue weighted by Gasteiger charge is -2.18. The lowest BCUT2D eigenvalue weighted by Crippen LogP contribution is -2.37. The first-order valence-electron chi connectivity index (χ1n) is 10.4. The number of rotatable bonds is 3. The molecule has 158 valence electrons. The molecule has 0 aliphatic carbocycles. The lowest BCUT2D eigenvalue weighted by atomic mass is 10.2. The van der Waals surface area contributed by atoms with Crippen molar-refractivity contribution in [2.75, 3.05) is 0 Å². The molecule has 0 bridgehead atoms. The van der Waals surface area contributed by atoms with Gasteiger partial charge < -0.3 is 15.8 Å². The molecule has 0 unspecified atom stereocenters. The number of hydrogen-bond acceptors (Lipinski definition) is 7. The minimum atomic E-state index is -2.81. The maximum atomic E-state index is 6.35. The summed E-state index contributed by atoms with van der Waals surface area (Å²) in [4.78, 5) is 4.61. The largest absolute Gasteiger partial charge is 1.20 e. The van der Waals surface area contributed by atoms with Crippen LogP contribution >= 0.6 is 0 Å². The predicted molar refractivity (Wildman–Crippen MR) is 124 cm³/mol. The van der Waals surface area contributed by atoms with Crippen molar-refractivity contribution in [3.8, 4) is 28.7 Å². The van der Waals surface area contributed by atoms with Gasteiger partial charge in [-0.3, -0.25) is 0 Å². The van der Waals surface area contributed by atoms with E-state index in [2.05, 4.69) is 15.2 Å². The van der Waals surface area contributed by atoms with Gasteiger partial charge >= 0.3 is 15.1 Å². The Balaban J connectivity index is 1.40. The van der Waals surface area contributed by atoms with E-state index in [0.717, 1.165) is 5.52 Å². The normalized spacial score (nSPS) is 12.5. The van der Waals surface area contributed by atoms with Gasteiger partial charge in [-0.1, -0.05) is 48.5 Å². The monoisotopic (exact) mass is 449 g/mol. The van der Waals surface area contributed by atoms with Crippen LogP contribution in [0.5, 0.6) is 17.2 Å². The van der Waals surface area contributed by atoms with Crippen LogP contribution in [0.15, 0.2) is 112 Å². The van der Waals surface area contributed by atoms with E-state index in [1.165, 1.54) is 0 Å². The van der Waals surface area contributed by atoms with Gasteiger partial charge in [-0.25, -0.2) is 4.98 Å². The topological polar surface area (TPSA) is 78.4 Å². The number of oxazole rings is 1. The average molecular weight is 449 g/mol. The molecule has 0 spiro atoms. The average Bonchev–Trinajstić information content (AvgIpc) is 3.30. The van der Waals surface area contributed by atoms with E-state index >= 15 is 0 Å². The molecule has 1 aromatic heterocycles. The molecule has 0 radical (unpaired) electrons. The van der Waals surface area contributed by atoms with Crippen LogP contribution in [0.2, 0.25) is 0 Å². The molecule has 2 heterocycles. The van der Waals surface area contributed by atoms with Crippen LogP contribution in [-0.2, 0) is 0 Å². The lowest BCUT2D eigenvalue weighted by molar-refractivity contribution is 0.309. The fourth-order valence-corrected chi connectivity index (χ4v) is 4.87. The van der Waals surface area contributed by atoms with Crippen molar-refractivity contribution in [1.82, 2.24) is 4.98 Å². The number of aromatic nitrogens is 1. The number of fused-ring (bicyclic) bond motifs is 3. The highest BCUT2D eigenvalue weighted by molar-refractivity contribution is 6.40. The van der Waals surface area contributed by atoms with E-state index in [9.17, 15) is 0 Å². The summed E-state index contributed by atoms with van der Waals surface area (Å²) < 4.78 is 24.8. The van der Waals surface area contributed by atoms with E-state index in [4.69, 9.17) is 15.8 Å². The Kier molecular flexibility index (Phi) is 5.00. The molecule has 33 heavy (non-hydrogen) atoms. The quantitative estimate of drug-likeness (QED) is 0.285. The van der Waals surface area contributed by atoms with Crippen molar-refractivity contribution in [3.63, 3.8) is 0 Å². The highest BCUT2D eigenvalue weighted by Gasteiger charge is 2.46. The number of benzene rings is 4. The standard InChI is InChI=1S/C13H9NO2.C12H10N2O2.Al/c15-11-7-3-1-5-9(11)13-14-10-6-2-4-8-12(10)16-13;15-11-7-3-1-5-9(11)13-14-10-6-2-4-8-12(10)16;/h1-8,15H;1-8,15-16H;/q;;+3/p-3. The molecule has 0 saturated heterocycles. The summed E-state index contributed by atoms with van der Waals surface area (Å²) in [6, 6.07) is 30.0. The summed E-state index contributed by atoms with van der Waals surface area (Å²) in [7, 11) is 0. The maximum absolute atomic E-state index is 6.35. The van der Waals surface area contributed by atoms with E-state index in [1.54, 1.807) is 0 Å². The molecule has 5 aromatic rings. The van der Waals surface area contributed by atoms with Gasteiger partial charge in [0.15, 0.2) is 5.58 Å². The Morgan fingerprint density at radius 3 is 1.97 bits per heavy atom. The van der Waals surface area contributed by atoms with Crippen LogP contribution in [0.1, 0.15) is 0 Å². The highest BCUT2D eigenvalue weighted by atomic mass is 27.3. The summed E-state index contributed by atoms with van der Waals surface area (Å²) in [5.41, 5.74) is 3.41. The maximum Gasteiger partial charge on any atom is 1.20 e. The van der Waals surface area contributed by atoms with Gasteiger partial charge in [-0.15, -0.1) is 10.2 Å². The third kappa shape index (κ3) is 3.94. The van der Waals surface area contributed by atoms with Crippen LogP contribution in [0, 0.1) is 0 Å². The van der Waals surface area contributed by atoms with Gasteiger partial charge in [0.25, 0.3) is 0 Å². The van der Waals surface area contributed by atoms with Crippen LogP contribution < -0.4 is 11.4 Å². The summed E-state index contributed by atoms with van der Waals surface area (Å²) in [6.07, 6.45) is 0. The van der Waals surface area contributed by atoms with Crippen molar-refractivity contribution in [1.29, 1.82) is 0 Å². The van der Waals surface area contributed by atoms with Crippen molar-refractivity contribution in [2.45, 2.75) is 0 Å². The molecule has 8 heteroatoms. The first-order chi connectivity index (χ1) is 16.3. The van der Waals surface area contributed by atoms with Crippen LogP contribution in [0.25, 0.3) is 22.6 Å². The zero-order chi connectivity index (χ0) is 22.0. The van der Waals surface area contributed by atoms with E-state index in [1.807, 2.05) is 97.1 Å². The molecule has 1 aliphatic rings. The predicted octanol–water partition coefficient (Wildman–Crippen LogP) is 6.75. The molecule has 0 atom stereocenters.